The van der Waals surface area contributed by atoms with E-state index in [0.717, 1.165) is 54.3 Å². The number of carbonyl (C=O) groups excluding carboxylic acids is 1. The molecule has 0 saturated heterocycles. The zero-order chi connectivity index (χ0) is 20.6. The third kappa shape index (κ3) is 2.54. The SMILES string of the molecule is Cc1ccc2c(n1)N(C(=O)c1nn(-c3ccc(F)cc3F)c3c1C[C@H]1C[C@@H]31)CCC2. The average Bonchev–Trinajstić information content (AvgIpc) is 3.23. The number of amides is 1. The van der Waals surface area contributed by atoms with E-state index in [0.29, 0.717) is 29.9 Å². The van der Waals surface area contributed by atoms with E-state index in [1.165, 1.54) is 16.8 Å². The van der Waals surface area contributed by atoms with Gasteiger partial charge in [-0.25, -0.2) is 18.4 Å². The van der Waals surface area contributed by atoms with Gasteiger partial charge in [0.25, 0.3) is 5.91 Å². The molecule has 1 aromatic carbocycles. The van der Waals surface area contributed by atoms with E-state index in [4.69, 9.17) is 0 Å². The number of fused-ring (bicyclic) bond motifs is 4. The van der Waals surface area contributed by atoms with Crippen LogP contribution < -0.4 is 4.90 Å². The summed E-state index contributed by atoms with van der Waals surface area (Å²) in [5.41, 5.74) is 4.29. The highest BCUT2D eigenvalue weighted by molar-refractivity contribution is 6.06. The smallest absolute Gasteiger partial charge is 0.280 e. The summed E-state index contributed by atoms with van der Waals surface area (Å²) < 4.78 is 29.5. The van der Waals surface area contributed by atoms with Gasteiger partial charge in [-0.2, -0.15) is 5.10 Å². The van der Waals surface area contributed by atoms with Crippen LogP contribution in [0.4, 0.5) is 14.6 Å². The second kappa shape index (κ2) is 6.20. The standard InChI is InChI=1S/C23H20F2N4O/c1-12-4-5-13-3-2-8-28(22(13)26-12)23(30)20-17-10-14-9-16(14)21(17)29(27-20)19-7-6-15(24)11-18(19)25/h4-7,11,14,16H,2-3,8-10H2,1H3/t14-,16-/m1/s1. The summed E-state index contributed by atoms with van der Waals surface area (Å²) >= 11 is 0. The summed E-state index contributed by atoms with van der Waals surface area (Å²) in [6.07, 6.45) is 3.57. The Balaban J connectivity index is 1.47. The molecule has 0 unspecified atom stereocenters. The number of hydrogen-bond acceptors (Lipinski definition) is 3. The second-order valence-electron chi connectivity index (χ2n) is 8.52. The molecule has 1 aliphatic heterocycles. The maximum atomic E-state index is 14.5. The molecule has 152 valence electrons. The number of aromatic nitrogens is 3. The third-order valence-electron chi connectivity index (χ3n) is 6.53. The van der Waals surface area contributed by atoms with Crippen LogP contribution >= 0.6 is 0 Å². The van der Waals surface area contributed by atoms with Gasteiger partial charge in [-0.05, 0) is 62.3 Å². The lowest BCUT2D eigenvalue weighted by molar-refractivity contribution is 0.0978. The van der Waals surface area contributed by atoms with Crippen LogP contribution in [-0.4, -0.2) is 27.2 Å². The van der Waals surface area contributed by atoms with Crippen molar-refractivity contribution in [3.05, 3.63) is 70.2 Å². The first-order valence-electron chi connectivity index (χ1n) is 10.4. The highest BCUT2D eigenvalue weighted by atomic mass is 19.1. The summed E-state index contributed by atoms with van der Waals surface area (Å²) in [5.74, 6) is -0.00426. The number of carbonyl (C=O) groups is 1. The largest absolute Gasteiger partial charge is 0.291 e. The normalized spacial score (nSPS) is 21.2. The Morgan fingerprint density at radius 3 is 2.90 bits per heavy atom. The lowest BCUT2D eigenvalue weighted by atomic mass is 10.0. The van der Waals surface area contributed by atoms with Gasteiger partial charge in [-0.1, -0.05) is 6.07 Å². The van der Waals surface area contributed by atoms with Crippen molar-refractivity contribution < 1.29 is 13.6 Å². The number of anilines is 1. The maximum absolute atomic E-state index is 14.5. The minimum Gasteiger partial charge on any atom is -0.291 e. The van der Waals surface area contributed by atoms with E-state index in [-0.39, 0.29) is 11.6 Å². The van der Waals surface area contributed by atoms with Crippen LogP contribution in [0.2, 0.25) is 0 Å². The lowest BCUT2D eigenvalue weighted by Gasteiger charge is -2.28. The molecule has 5 nitrogen and oxygen atoms in total. The molecule has 3 heterocycles. The van der Waals surface area contributed by atoms with Gasteiger partial charge < -0.3 is 0 Å². The van der Waals surface area contributed by atoms with Gasteiger partial charge >= 0.3 is 0 Å². The predicted molar refractivity (Wildman–Crippen MR) is 107 cm³/mol. The molecule has 0 radical (unpaired) electrons. The van der Waals surface area contributed by atoms with Crippen LogP contribution in [0, 0.1) is 24.5 Å². The molecule has 3 aromatic rings. The fourth-order valence-electron chi connectivity index (χ4n) is 4.98. The summed E-state index contributed by atoms with van der Waals surface area (Å²) in [5, 5.41) is 4.58. The quantitative estimate of drug-likeness (QED) is 0.644. The molecular weight excluding hydrogens is 386 g/mol. The van der Waals surface area contributed by atoms with Crippen LogP contribution in [0.15, 0.2) is 30.3 Å². The zero-order valence-electron chi connectivity index (χ0n) is 16.5. The average molecular weight is 406 g/mol. The molecule has 3 aliphatic rings. The highest BCUT2D eigenvalue weighted by Crippen LogP contribution is 2.57. The Morgan fingerprint density at radius 2 is 2.07 bits per heavy atom. The van der Waals surface area contributed by atoms with E-state index in [1.54, 1.807) is 4.90 Å². The Labute approximate surface area is 172 Å². The number of pyridine rings is 1. The van der Waals surface area contributed by atoms with Crippen LogP contribution in [0.3, 0.4) is 0 Å². The van der Waals surface area contributed by atoms with E-state index in [1.807, 2.05) is 19.1 Å². The molecule has 0 N–H and O–H groups in total. The lowest BCUT2D eigenvalue weighted by Crippen LogP contribution is -2.37. The van der Waals surface area contributed by atoms with Crippen molar-refractivity contribution >= 4 is 11.7 Å². The Kier molecular flexibility index (Phi) is 3.67. The van der Waals surface area contributed by atoms with Crippen LogP contribution in [0.25, 0.3) is 5.69 Å². The van der Waals surface area contributed by atoms with Crippen molar-refractivity contribution in [2.75, 3.05) is 11.4 Å². The fourth-order valence-corrected chi connectivity index (χ4v) is 4.98. The Bertz CT molecular complexity index is 1220. The number of halogens is 2. The first-order chi connectivity index (χ1) is 14.5. The number of nitrogens with zero attached hydrogens (tertiary/aromatic N) is 4. The third-order valence-corrected chi connectivity index (χ3v) is 6.53. The molecule has 30 heavy (non-hydrogen) atoms. The Morgan fingerprint density at radius 1 is 1.20 bits per heavy atom. The van der Waals surface area contributed by atoms with Crippen LogP contribution in [-0.2, 0) is 12.8 Å². The van der Waals surface area contributed by atoms with E-state index in [9.17, 15) is 13.6 Å². The van der Waals surface area contributed by atoms with E-state index >= 15 is 0 Å². The van der Waals surface area contributed by atoms with Crippen molar-refractivity contribution in [3.8, 4) is 5.69 Å². The summed E-state index contributed by atoms with van der Waals surface area (Å²) in [7, 11) is 0. The predicted octanol–water partition coefficient (Wildman–Crippen LogP) is 4.11. The van der Waals surface area contributed by atoms with Crippen LogP contribution in [0.5, 0.6) is 0 Å². The minimum absolute atomic E-state index is 0.187. The molecule has 2 aromatic heterocycles. The van der Waals surface area contributed by atoms with E-state index < -0.39 is 11.6 Å². The molecular formula is C23H20F2N4O. The zero-order valence-corrected chi connectivity index (χ0v) is 16.5. The monoisotopic (exact) mass is 406 g/mol. The van der Waals surface area contributed by atoms with Crippen molar-refractivity contribution in [2.24, 2.45) is 5.92 Å². The maximum Gasteiger partial charge on any atom is 0.280 e. The van der Waals surface area contributed by atoms with Crippen molar-refractivity contribution in [2.45, 2.75) is 38.5 Å². The van der Waals surface area contributed by atoms with Gasteiger partial charge in [0.05, 0.1) is 5.69 Å². The van der Waals surface area contributed by atoms with Gasteiger partial charge in [-0.15, -0.1) is 0 Å². The molecule has 0 spiro atoms. The molecule has 1 saturated carbocycles. The van der Waals surface area contributed by atoms with Crippen LogP contribution in [0.1, 0.15) is 51.8 Å². The van der Waals surface area contributed by atoms with E-state index in [2.05, 4.69) is 10.1 Å². The molecule has 2 aliphatic carbocycles. The Hall–Kier alpha value is -3.09. The van der Waals surface area contributed by atoms with Gasteiger partial charge in [0.1, 0.15) is 17.3 Å². The first-order valence-corrected chi connectivity index (χ1v) is 10.4. The number of benzene rings is 1. The van der Waals surface area contributed by atoms with Gasteiger partial charge in [0, 0.05) is 29.8 Å². The second-order valence-corrected chi connectivity index (χ2v) is 8.52. The molecule has 1 amide bonds. The summed E-state index contributed by atoms with van der Waals surface area (Å²) in [6, 6.07) is 7.47. The topological polar surface area (TPSA) is 51.0 Å². The van der Waals surface area contributed by atoms with Crippen molar-refractivity contribution in [1.82, 2.24) is 14.8 Å². The summed E-state index contributed by atoms with van der Waals surface area (Å²) in [6.45, 7) is 2.50. The van der Waals surface area contributed by atoms with Gasteiger partial charge in [0.15, 0.2) is 11.5 Å². The number of rotatable bonds is 2. The molecule has 7 heteroatoms. The van der Waals surface area contributed by atoms with Crippen molar-refractivity contribution in [1.29, 1.82) is 0 Å². The van der Waals surface area contributed by atoms with Gasteiger partial charge in [0.2, 0.25) is 0 Å². The molecule has 1 fully saturated rings. The molecule has 0 bridgehead atoms. The van der Waals surface area contributed by atoms with Gasteiger partial charge in [-0.3, -0.25) is 9.69 Å². The number of hydrogen-bond donors (Lipinski definition) is 0. The molecule has 2 atom stereocenters. The highest BCUT2D eigenvalue weighted by Gasteiger charge is 2.50. The minimum atomic E-state index is -0.677. The number of aryl methyl sites for hydroxylation is 2. The van der Waals surface area contributed by atoms with Crippen molar-refractivity contribution in [3.63, 3.8) is 0 Å². The summed E-state index contributed by atoms with van der Waals surface area (Å²) in [4.78, 5) is 19.9. The first kappa shape index (κ1) is 17.7. The fraction of sp³-hybridized carbons (Fsp3) is 0.348. The molecule has 6 rings (SSSR count).